The second-order valence-corrected chi connectivity index (χ2v) is 1.56. The summed E-state index contributed by atoms with van der Waals surface area (Å²) in [5, 5.41) is 8.31. The van der Waals surface area contributed by atoms with Crippen molar-refractivity contribution in [1.82, 2.24) is 4.90 Å². The Bertz CT molecular complexity index is 94.2. The Morgan fingerprint density at radius 3 is 2.78 bits per heavy atom. The highest BCUT2D eigenvalue weighted by Crippen LogP contribution is 1.85. The number of hydrogen-bond acceptors (Lipinski definition) is 3. The minimum Gasteiger partial charge on any atom is -0.446 e. The van der Waals surface area contributed by atoms with Crippen LogP contribution < -0.4 is 0 Å². The number of ether oxygens (including phenoxy) is 1. The van der Waals surface area contributed by atoms with Gasteiger partial charge < -0.3 is 14.7 Å². The Morgan fingerprint density at radius 1 is 1.89 bits per heavy atom. The topological polar surface area (TPSA) is 49.8 Å². The largest absolute Gasteiger partial charge is 0.446 e. The fourth-order valence-corrected chi connectivity index (χ4v) is 0.351. The molecular weight excluding hydrogens is 122 g/mol. The molecule has 1 radical (unpaired) electrons. The minimum absolute atomic E-state index is 0.0639. The first kappa shape index (κ1) is 8.23. The third-order valence-electron chi connectivity index (χ3n) is 0.871. The summed E-state index contributed by atoms with van der Waals surface area (Å²) in [6.07, 6.45) is -0.538. The Balaban J connectivity index is 3.45. The molecule has 0 aliphatic carbocycles. The van der Waals surface area contributed by atoms with Crippen LogP contribution in [0.25, 0.3) is 0 Å². The van der Waals surface area contributed by atoms with Crippen molar-refractivity contribution in [1.29, 1.82) is 0 Å². The van der Waals surface area contributed by atoms with Crippen molar-refractivity contribution < 1.29 is 14.6 Å². The predicted octanol–water partition coefficient (Wildman–Crippen LogP) is -0.161. The van der Waals surface area contributed by atoms with Gasteiger partial charge in [-0.05, 0) is 0 Å². The molecule has 0 heterocycles. The van der Waals surface area contributed by atoms with Crippen LogP contribution in [-0.4, -0.2) is 36.3 Å². The Hall–Kier alpha value is -0.770. The van der Waals surface area contributed by atoms with Gasteiger partial charge in [-0.25, -0.2) is 4.79 Å². The summed E-state index contributed by atoms with van der Waals surface area (Å²) in [4.78, 5) is 11.7. The van der Waals surface area contributed by atoms with E-state index >= 15 is 0 Å². The molecule has 1 N–H and O–H groups in total. The molecule has 9 heavy (non-hydrogen) atoms. The molecule has 4 heteroatoms. The second-order valence-electron chi connectivity index (χ2n) is 1.56. The normalized spacial score (nSPS) is 8.78. The Labute approximate surface area is 54.0 Å². The highest BCUT2D eigenvalue weighted by Gasteiger charge is 2.04. The van der Waals surface area contributed by atoms with E-state index in [1.807, 2.05) is 0 Å². The molecular formula is C5H10NO3. The number of aliphatic hydroxyl groups excluding tert-OH is 1. The average Bonchev–Trinajstić information content (AvgIpc) is 1.87. The van der Waals surface area contributed by atoms with Gasteiger partial charge >= 0.3 is 6.09 Å². The van der Waals surface area contributed by atoms with Crippen molar-refractivity contribution in [2.45, 2.75) is 0 Å². The van der Waals surface area contributed by atoms with E-state index in [2.05, 4.69) is 11.8 Å². The molecule has 0 fully saturated rings. The van der Waals surface area contributed by atoms with Gasteiger partial charge in [0.05, 0.1) is 6.61 Å². The monoisotopic (exact) mass is 132 g/mol. The van der Waals surface area contributed by atoms with Crippen LogP contribution in [0.5, 0.6) is 0 Å². The highest BCUT2D eigenvalue weighted by molar-refractivity contribution is 5.67. The number of aliphatic hydroxyl groups is 1. The van der Waals surface area contributed by atoms with Crippen LogP contribution in [0.1, 0.15) is 0 Å². The fraction of sp³-hybridized carbons (Fsp3) is 0.600. The number of nitrogens with zero attached hydrogens (tertiary/aromatic N) is 1. The molecule has 0 aliphatic rings. The van der Waals surface area contributed by atoms with Crippen LogP contribution in [0.4, 0.5) is 4.79 Å². The maximum absolute atomic E-state index is 10.4. The Morgan fingerprint density at radius 2 is 2.44 bits per heavy atom. The number of carbonyl (C=O) groups is 1. The molecule has 0 unspecified atom stereocenters. The first-order valence-electron chi connectivity index (χ1n) is 2.50. The average molecular weight is 132 g/mol. The molecule has 1 amide bonds. The standard InChI is InChI=1S/C5H10NO3/c1-6(3-4-7)5(8)9-2/h7H,2-4H2,1H3. The summed E-state index contributed by atoms with van der Waals surface area (Å²) in [5.41, 5.74) is 0. The molecule has 0 atom stereocenters. The van der Waals surface area contributed by atoms with Crippen LogP contribution in [0.15, 0.2) is 0 Å². The van der Waals surface area contributed by atoms with E-state index in [1.165, 1.54) is 11.9 Å². The van der Waals surface area contributed by atoms with E-state index in [0.29, 0.717) is 0 Å². The highest BCUT2D eigenvalue weighted by atomic mass is 16.5. The molecule has 0 aliphatic heterocycles. The summed E-state index contributed by atoms with van der Waals surface area (Å²) < 4.78 is 4.09. The van der Waals surface area contributed by atoms with Crippen LogP contribution in [0.2, 0.25) is 0 Å². The van der Waals surface area contributed by atoms with Crippen LogP contribution in [0.3, 0.4) is 0 Å². The lowest BCUT2D eigenvalue weighted by atomic mass is 10.6. The lowest BCUT2D eigenvalue weighted by Crippen LogP contribution is -2.28. The van der Waals surface area contributed by atoms with Crippen molar-refractivity contribution in [3.8, 4) is 0 Å². The lowest BCUT2D eigenvalue weighted by Gasteiger charge is -2.12. The van der Waals surface area contributed by atoms with Gasteiger partial charge in [-0.2, -0.15) is 0 Å². The summed E-state index contributed by atoms with van der Waals surface area (Å²) in [6.45, 7) is 0.208. The molecule has 0 aromatic heterocycles. The van der Waals surface area contributed by atoms with Crippen molar-refractivity contribution in [2.75, 3.05) is 20.2 Å². The van der Waals surface area contributed by atoms with Crippen molar-refractivity contribution >= 4 is 6.09 Å². The predicted molar refractivity (Wildman–Crippen MR) is 31.6 cm³/mol. The molecule has 0 aromatic carbocycles. The number of carbonyl (C=O) groups excluding carboxylic acids is 1. The first-order chi connectivity index (χ1) is 4.22. The first-order valence-corrected chi connectivity index (χ1v) is 2.50. The van der Waals surface area contributed by atoms with Gasteiger partial charge in [-0.15, -0.1) is 0 Å². The zero-order chi connectivity index (χ0) is 7.28. The Kier molecular flexibility index (Phi) is 3.79. The molecule has 0 saturated carbocycles. The zero-order valence-corrected chi connectivity index (χ0v) is 5.33. The number of rotatable bonds is 2. The van der Waals surface area contributed by atoms with E-state index in [4.69, 9.17) is 5.11 Å². The molecule has 0 rings (SSSR count). The van der Waals surface area contributed by atoms with Gasteiger partial charge in [0.1, 0.15) is 7.11 Å². The molecule has 4 nitrogen and oxygen atoms in total. The molecule has 0 aromatic rings. The molecule has 0 saturated heterocycles. The summed E-state index contributed by atoms with van der Waals surface area (Å²) in [7, 11) is 4.43. The van der Waals surface area contributed by atoms with Crippen LogP contribution >= 0.6 is 0 Å². The van der Waals surface area contributed by atoms with E-state index in [0.717, 1.165) is 0 Å². The van der Waals surface area contributed by atoms with Gasteiger partial charge in [-0.3, -0.25) is 0 Å². The second kappa shape index (κ2) is 4.14. The lowest BCUT2D eigenvalue weighted by molar-refractivity contribution is 0.135. The SMILES string of the molecule is [CH2]OC(=O)N(C)CCO. The number of hydrogen-bond donors (Lipinski definition) is 1. The van der Waals surface area contributed by atoms with Crippen LogP contribution in [0, 0.1) is 7.11 Å². The number of likely N-dealkylation sites (N-methyl/N-ethyl adjacent to an activating group) is 1. The van der Waals surface area contributed by atoms with Crippen LogP contribution in [-0.2, 0) is 4.74 Å². The van der Waals surface area contributed by atoms with E-state index < -0.39 is 6.09 Å². The molecule has 0 spiro atoms. The molecule has 0 bridgehead atoms. The third kappa shape index (κ3) is 2.92. The van der Waals surface area contributed by atoms with Crippen molar-refractivity contribution in [2.24, 2.45) is 0 Å². The third-order valence-corrected chi connectivity index (χ3v) is 0.871. The maximum atomic E-state index is 10.4. The summed E-state index contributed by atoms with van der Waals surface area (Å²) in [6, 6.07) is 0. The van der Waals surface area contributed by atoms with Crippen molar-refractivity contribution in [3.05, 3.63) is 7.11 Å². The minimum atomic E-state index is -0.538. The van der Waals surface area contributed by atoms with Gasteiger partial charge in [0.2, 0.25) is 0 Å². The summed E-state index contributed by atoms with van der Waals surface area (Å²) in [5.74, 6) is 0. The van der Waals surface area contributed by atoms with E-state index in [9.17, 15) is 4.79 Å². The van der Waals surface area contributed by atoms with Gasteiger partial charge in [-0.1, -0.05) is 0 Å². The van der Waals surface area contributed by atoms with E-state index in [-0.39, 0.29) is 13.2 Å². The van der Waals surface area contributed by atoms with Gasteiger partial charge in [0, 0.05) is 13.6 Å². The maximum Gasteiger partial charge on any atom is 0.409 e. The molecule has 53 valence electrons. The fourth-order valence-electron chi connectivity index (χ4n) is 0.351. The quantitative estimate of drug-likeness (QED) is 0.568. The van der Waals surface area contributed by atoms with Gasteiger partial charge in [0.25, 0.3) is 0 Å². The van der Waals surface area contributed by atoms with E-state index in [1.54, 1.807) is 0 Å². The van der Waals surface area contributed by atoms with Crippen molar-refractivity contribution in [3.63, 3.8) is 0 Å². The van der Waals surface area contributed by atoms with Gasteiger partial charge in [0.15, 0.2) is 0 Å². The smallest absolute Gasteiger partial charge is 0.409 e. The summed E-state index contributed by atoms with van der Waals surface area (Å²) >= 11 is 0. The number of amides is 1. The zero-order valence-electron chi connectivity index (χ0n) is 5.33.